The van der Waals surface area contributed by atoms with E-state index in [0.29, 0.717) is 0 Å². The fourth-order valence-electron chi connectivity index (χ4n) is 2.51. The van der Waals surface area contributed by atoms with Crippen LogP contribution in [0.2, 0.25) is 0 Å². The molecule has 2 aliphatic rings. The summed E-state index contributed by atoms with van der Waals surface area (Å²) in [6, 6.07) is 0.781. The van der Waals surface area contributed by atoms with Crippen LogP contribution >= 0.6 is 0 Å². The molecule has 3 nitrogen and oxygen atoms in total. The third kappa shape index (κ3) is 2.69. The van der Waals surface area contributed by atoms with Crippen molar-refractivity contribution in [2.45, 2.75) is 25.8 Å². The second kappa shape index (κ2) is 5.10. The Kier molecular flexibility index (Phi) is 3.79. The molecule has 2 fully saturated rings. The lowest BCUT2D eigenvalue weighted by Gasteiger charge is -2.35. The van der Waals surface area contributed by atoms with Crippen LogP contribution in [0.3, 0.4) is 0 Å². The van der Waals surface area contributed by atoms with Gasteiger partial charge in [-0.05, 0) is 25.9 Å². The highest BCUT2D eigenvalue weighted by atomic mass is 15.3. The van der Waals surface area contributed by atoms with Crippen molar-refractivity contribution in [2.24, 2.45) is 0 Å². The van der Waals surface area contributed by atoms with Gasteiger partial charge in [0.2, 0.25) is 0 Å². The first-order valence-electron chi connectivity index (χ1n) is 6.06. The van der Waals surface area contributed by atoms with Crippen molar-refractivity contribution in [1.82, 2.24) is 15.1 Å². The molecule has 2 aliphatic heterocycles. The molecule has 1 atom stereocenters. The third-order valence-electron chi connectivity index (χ3n) is 3.55. The van der Waals surface area contributed by atoms with Gasteiger partial charge < -0.3 is 10.2 Å². The van der Waals surface area contributed by atoms with E-state index in [4.69, 9.17) is 0 Å². The number of piperazine rings is 1. The highest BCUT2D eigenvalue weighted by Crippen LogP contribution is 2.08. The van der Waals surface area contributed by atoms with Crippen molar-refractivity contribution in [3.05, 3.63) is 0 Å². The van der Waals surface area contributed by atoms with Crippen LogP contribution in [-0.2, 0) is 0 Å². The van der Waals surface area contributed by atoms with E-state index in [1.165, 1.54) is 58.7 Å². The number of hydrogen-bond acceptors (Lipinski definition) is 3. The van der Waals surface area contributed by atoms with Crippen molar-refractivity contribution in [2.75, 3.05) is 45.8 Å². The maximum Gasteiger partial charge on any atom is 0.0195 e. The van der Waals surface area contributed by atoms with E-state index in [9.17, 15) is 0 Å². The highest BCUT2D eigenvalue weighted by molar-refractivity contribution is 4.80. The summed E-state index contributed by atoms with van der Waals surface area (Å²) in [5.74, 6) is 0. The minimum atomic E-state index is 0.781. The molecule has 0 aromatic carbocycles. The Hall–Kier alpha value is -0.120. The van der Waals surface area contributed by atoms with E-state index in [1.807, 2.05) is 0 Å². The molecular formula is C11H23N3. The summed E-state index contributed by atoms with van der Waals surface area (Å²) in [7, 11) is 0. The average molecular weight is 197 g/mol. The maximum absolute atomic E-state index is 3.57. The quantitative estimate of drug-likeness (QED) is 0.705. The van der Waals surface area contributed by atoms with Gasteiger partial charge in [-0.2, -0.15) is 0 Å². The fraction of sp³-hybridized carbons (Fsp3) is 1.00. The average Bonchev–Trinajstić information content (AvgIpc) is 2.72. The molecule has 1 N–H and O–H groups in total. The molecule has 14 heavy (non-hydrogen) atoms. The van der Waals surface area contributed by atoms with Crippen LogP contribution in [0.1, 0.15) is 19.8 Å². The van der Waals surface area contributed by atoms with Crippen molar-refractivity contribution in [3.8, 4) is 0 Å². The van der Waals surface area contributed by atoms with Gasteiger partial charge in [0.15, 0.2) is 0 Å². The standard InChI is InChI=1S/C11H23N3/c1-2-13-6-8-14(9-7-13)10-11-4-3-5-12-11/h11-12H,2-10H2,1H3/t11-/m0/s1. The molecule has 0 spiro atoms. The van der Waals surface area contributed by atoms with Crippen LogP contribution in [0, 0.1) is 0 Å². The first-order valence-corrected chi connectivity index (χ1v) is 6.06. The van der Waals surface area contributed by atoms with Gasteiger partial charge in [-0.15, -0.1) is 0 Å². The highest BCUT2D eigenvalue weighted by Gasteiger charge is 2.20. The van der Waals surface area contributed by atoms with E-state index >= 15 is 0 Å². The van der Waals surface area contributed by atoms with Crippen molar-refractivity contribution < 1.29 is 0 Å². The van der Waals surface area contributed by atoms with Gasteiger partial charge in [-0.3, -0.25) is 4.90 Å². The van der Waals surface area contributed by atoms with Gasteiger partial charge >= 0.3 is 0 Å². The molecule has 0 aromatic rings. The predicted molar refractivity (Wildman–Crippen MR) is 59.6 cm³/mol. The SMILES string of the molecule is CCN1CCN(C[C@@H]2CCCN2)CC1. The largest absolute Gasteiger partial charge is 0.313 e. The summed E-state index contributed by atoms with van der Waals surface area (Å²) in [6.07, 6.45) is 2.76. The van der Waals surface area contributed by atoms with E-state index in [-0.39, 0.29) is 0 Å². The lowest BCUT2D eigenvalue weighted by molar-refractivity contribution is 0.129. The minimum Gasteiger partial charge on any atom is -0.313 e. The molecule has 3 heteroatoms. The molecule has 2 saturated heterocycles. The molecule has 0 saturated carbocycles. The number of rotatable bonds is 3. The van der Waals surface area contributed by atoms with Crippen molar-refractivity contribution in [1.29, 1.82) is 0 Å². The second-order valence-electron chi connectivity index (χ2n) is 4.53. The Bertz CT molecular complexity index is 158. The van der Waals surface area contributed by atoms with Crippen LogP contribution in [-0.4, -0.2) is 61.7 Å². The number of nitrogens with one attached hydrogen (secondary N) is 1. The van der Waals surface area contributed by atoms with Crippen LogP contribution in [0.15, 0.2) is 0 Å². The van der Waals surface area contributed by atoms with Crippen molar-refractivity contribution >= 4 is 0 Å². The van der Waals surface area contributed by atoms with E-state index < -0.39 is 0 Å². The monoisotopic (exact) mass is 197 g/mol. The lowest BCUT2D eigenvalue weighted by Crippen LogP contribution is -2.49. The summed E-state index contributed by atoms with van der Waals surface area (Å²) in [6.45, 7) is 11.1. The maximum atomic E-state index is 3.57. The van der Waals surface area contributed by atoms with Crippen LogP contribution in [0.5, 0.6) is 0 Å². The van der Waals surface area contributed by atoms with Gasteiger partial charge in [0, 0.05) is 38.8 Å². The summed E-state index contributed by atoms with van der Waals surface area (Å²) < 4.78 is 0. The molecule has 2 rings (SSSR count). The molecule has 0 aliphatic carbocycles. The summed E-state index contributed by atoms with van der Waals surface area (Å²) >= 11 is 0. The zero-order chi connectivity index (χ0) is 9.80. The first kappa shape index (κ1) is 10.4. The van der Waals surface area contributed by atoms with Gasteiger partial charge in [0.1, 0.15) is 0 Å². The predicted octanol–water partition coefficient (Wildman–Crippen LogP) is 0.376. The summed E-state index contributed by atoms with van der Waals surface area (Å²) in [4.78, 5) is 5.16. The zero-order valence-electron chi connectivity index (χ0n) is 9.34. The smallest absolute Gasteiger partial charge is 0.0195 e. The van der Waals surface area contributed by atoms with Gasteiger partial charge in [-0.25, -0.2) is 0 Å². The summed E-state index contributed by atoms with van der Waals surface area (Å²) in [5.41, 5.74) is 0. The normalized spacial score (nSPS) is 31.1. The molecule has 2 heterocycles. The topological polar surface area (TPSA) is 18.5 Å². The molecule has 0 radical (unpaired) electrons. The third-order valence-corrected chi connectivity index (χ3v) is 3.55. The second-order valence-corrected chi connectivity index (χ2v) is 4.53. The Balaban J connectivity index is 1.67. The van der Waals surface area contributed by atoms with Crippen LogP contribution in [0.25, 0.3) is 0 Å². The number of likely N-dealkylation sites (N-methyl/N-ethyl adjacent to an activating group) is 1. The Labute approximate surface area is 87.4 Å². The van der Waals surface area contributed by atoms with E-state index in [0.717, 1.165) is 6.04 Å². The Morgan fingerprint density at radius 3 is 2.43 bits per heavy atom. The summed E-state index contributed by atoms with van der Waals surface area (Å²) in [5, 5.41) is 3.57. The van der Waals surface area contributed by atoms with E-state index in [1.54, 1.807) is 0 Å². The molecule has 0 bridgehead atoms. The first-order chi connectivity index (χ1) is 6.88. The minimum absolute atomic E-state index is 0.781. The molecule has 0 unspecified atom stereocenters. The van der Waals surface area contributed by atoms with Gasteiger partial charge in [-0.1, -0.05) is 6.92 Å². The van der Waals surface area contributed by atoms with Gasteiger partial charge in [0.05, 0.1) is 0 Å². The van der Waals surface area contributed by atoms with Gasteiger partial charge in [0.25, 0.3) is 0 Å². The Morgan fingerprint density at radius 1 is 1.14 bits per heavy atom. The molecule has 0 aromatic heterocycles. The molecule has 82 valence electrons. The van der Waals surface area contributed by atoms with Crippen molar-refractivity contribution in [3.63, 3.8) is 0 Å². The zero-order valence-corrected chi connectivity index (χ0v) is 9.34. The van der Waals surface area contributed by atoms with E-state index in [2.05, 4.69) is 22.0 Å². The Morgan fingerprint density at radius 2 is 1.86 bits per heavy atom. The van der Waals surface area contributed by atoms with Crippen LogP contribution < -0.4 is 5.32 Å². The number of nitrogens with zero attached hydrogens (tertiary/aromatic N) is 2. The fourth-order valence-corrected chi connectivity index (χ4v) is 2.51. The molecular weight excluding hydrogens is 174 g/mol. The number of hydrogen-bond donors (Lipinski definition) is 1. The lowest BCUT2D eigenvalue weighted by atomic mass is 10.2. The van der Waals surface area contributed by atoms with Crippen LogP contribution in [0.4, 0.5) is 0 Å². The molecule has 0 amide bonds.